The van der Waals surface area contributed by atoms with Crippen LogP contribution in [0.2, 0.25) is 0 Å². The minimum Gasteiger partial charge on any atom is -0.255 e. The fourth-order valence-electron chi connectivity index (χ4n) is 4.92. The molecule has 0 heterocycles. The second-order valence-corrected chi connectivity index (χ2v) is 11.1. The molecule has 2 rings (SSSR count). The van der Waals surface area contributed by atoms with Crippen molar-refractivity contribution in [3.8, 4) is 0 Å². The molecule has 2 nitrogen and oxygen atoms in total. The lowest BCUT2D eigenvalue weighted by molar-refractivity contribution is 0.684. The molecular formula is C36H56N2. The maximum absolute atomic E-state index is 5.22. The van der Waals surface area contributed by atoms with Gasteiger partial charge in [0.25, 0.3) is 0 Å². The first-order valence-electron chi connectivity index (χ1n) is 16.0. The molecule has 0 radical (unpaired) electrons. The zero-order chi connectivity index (χ0) is 27.4. The van der Waals surface area contributed by atoms with Crippen LogP contribution in [0.15, 0.2) is 46.4 Å². The van der Waals surface area contributed by atoms with Gasteiger partial charge in [0.15, 0.2) is 0 Å². The molecule has 2 heteroatoms. The van der Waals surface area contributed by atoms with Crippen molar-refractivity contribution in [2.75, 3.05) is 0 Å². The van der Waals surface area contributed by atoms with Crippen molar-refractivity contribution in [1.29, 1.82) is 0 Å². The van der Waals surface area contributed by atoms with E-state index in [4.69, 9.17) is 9.98 Å². The van der Waals surface area contributed by atoms with Gasteiger partial charge in [0.2, 0.25) is 0 Å². The molecule has 0 N–H and O–H groups in total. The number of nitrogens with zero attached hydrogens (tertiary/aromatic N) is 2. The average molecular weight is 517 g/mol. The van der Waals surface area contributed by atoms with Gasteiger partial charge >= 0.3 is 0 Å². The van der Waals surface area contributed by atoms with Crippen LogP contribution in [-0.4, -0.2) is 11.9 Å². The van der Waals surface area contributed by atoms with Crippen LogP contribution in [0.4, 0.5) is 11.4 Å². The van der Waals surface area contributed by atoms with Crippen molar-refractivity contribution >= 4 is 23.3 Å². The van der Waals surface area contributed by atoms with Crippen LogP contribution in [0.5, 0.6) is 0 Å². The predicted octanol–water partition coefficient (Wildman–Crippen LogP) is 11.5. The second-order valence-electron chi connectivity index (χ2n) is 11.1. The molecule has 0 aromatic heterocycles. The van der Waals surface area contributed by atoms with Crippen molar-refractivity contribution in [2.24, 2.45) is 9.98 Å². The molecule has 0 saturated carbocycles. The Morgan fingerprint density at radius 1 is 0.500 bits per heavy atom. The van der Waals surface area contributed by atoms with Crippen LogP contribution in [0.3, 0.4) is 0 Å². The SMILES string of the molecule is CCCCCCC(C=Nc1cc(CCCC)cc(CCCC)c1)=Nc1cc(CCCC)cc(CCCC)c1. The summed E-state index contributed by atoms with van der Waals surface area (Å²) in [5.41, 5.74) is 9.05. The monoisotopic (exact) mass is 516 g/mol. The Labute approximate surface area is 235 Å². The fraction of sp³-hybridized carbons (Fsp3) is 0.611. The molecule has 210 valence electrons. The van der Waals surface area contributed by atoms with Crippen LogP contribution < -0.4 is 0 Å². The van der Waals surface area contributed by atoms with E-state index in [-0.39, 0.29) is 0 Å². The summed E-state index contributed by atoms with van der Waals surface area (Å²) in [6.07, 6.45) is 22.5. The highest BCUT2D eigenvalue weighted by Gasteiger charge is 2.05. The van der Waals surface area contributed by atoms with Gasteiger partial charge in [0.1, 0.15) is 0 Å². The van der Waals surface area contributed by atoms with Gasteiger partial charge in [-0.2, -0.15) is 0 Å². The van der Waals surface area contributed by atoms with Gasteiger partial charge in [0, 0.05) is 6.21 Å². The van der Waals surface area contributed by atoms with E-state index in [1.807, 2.05) is 0 Å². The van der Waals surface area contributed by atoms with Gasteiger partial charge in [-0.15, -0.1) is 0 Å². The normalized spacial score (nSPS) is 12.1. The lowest BCUT2D eigenvalue weighted by atomic mass is 10.0. The van der Waals surface area contributed by atoms with Crippen LogP contribution >= 0.6 is 0 Å². The Kier molecular flexibility index (Phi) is 16.7. The van der Waals surface area contributed by atoms with E-state index >= 15 is 0 Å². The number of aliphatic imine (C=N–C) groups is 2. The Bertz CT molecular complexity index is 917. The maximum Gasteiger partial charge on any atom is 0.0639 e. The number of aryl methyl sites for hydroxylation is 4. The minimum absolute atomic E-state index is 0.991. The lowest BCUT2D eigenvalue weighted by Gasteiger charge is -2.09. The third kappa shape index (κ3) is 13.0. The highest BCUT2D eigenvalue weighted by atomic mass is 14.8. The van der Waals surface area contributed by atoms with E-state index in [0.717, 1.165) is 49.2 Å². The third-order valence-corrected chi connectivity index (χ3v) is 7.27. The summed E-state index contributed by atoms with van der Waals surface area (Å²) in [4.78, 5) is 10.2. The molecule has 0 bridgehead atoms. The maximum atomic E-state index is 5.22. The summed E-state index contributed by atoms with van der Waals surface area (Å²) >= 11 is 0. The first-order chi connectivity index (χ1) is 18.6. The van der Waals surface area contributed by atoms with Crippen molar-refractivity contribution < 1.29 is 0 Å². The summed E-state index contributed by atoms with van der Waals surface area (Å²) in [5, 5.41) is 0. The molecule has 2 aromatic carbocycles. The second kappa shape index (κ2) is 19.8. The average Bonchev–Trinajstić information content (AvgIpc) is 2.93. The Hall–Kier alpha value is -2.22. The molecule has 0 spiro atoms. The van der Waals surface area contributed by atoms with Crippen LogP contribution in [-0.2, 0) is 25.7 Å². The summed E-state index contributed by atoms with van der Waals surface area (Å²) in [6, 6.07) is 14.1. The van der Waals surface area contributed by atoms with E-state index in [0.29, 0.717) is 0 Å². The van der Waals surface area contributed by atoms with Gasteiger partial charge in [-0.1, -0.05) is 91.7 Å². The molecule has 0 aliphatic carbocycles. The van der Waals surface area contributed by atoms with Gasteiger partial charge in [-0.25, -0.2) is 0 Å². The number of hydrogen-bond donors (Lipinski definition) is 0. The summed E-state index contributed by atoms with van der Waals surface area (Å²) in [5.74, 6) is 0. The van der Waals surface area contributed by atoms with Crippen molar-refractivity contribution in [3.05, 3.63) is 58.7 Å². The highest BCUT2D eigenvalue weighted by Crippen LogP contribution is 2.24. The molecule has 0 unspecified atom stereocenters. The molecule has 38 heavy (non-hydrogen) atoms. The van der Waals surface area contributed by atoms with Gasteiger partial charge in [-0.05, 0) is 111 Å². The van der Waals surface area contributed by atoms with E-state index in [1.165, 1.54) is 99.3 Å². The zero-order valence-electron chi connectivity index (χ0n) is 25.5. The first kappa shape index (κ1) is 32.0. The van der Waals surface area contributed by atoms with E-state index < -0.39 is 0 Å². The van der Waals surface area contributed by atoms with Crippen molar-refractivity contribution in [2.45, 2.75) is 144 Å². The standard InChI is InChI=1S/C36H56N2/c1-6-11-16-17-22-34(38-36-27-32(20-14-9-4)24-33(28-36)21-15-10-5)29-37-35-25-30(18-12-7-2)23-31(26-35)19-13-8-3/h23-29H,6-22H2,1-5H3. The van der Waals surface area contributed by atoms with Crippen LogP contribution in [0.1, 0.15) is 140 Å². The highest BCUT2D eigenvalue weighted by molar-refractivity contribution is 6.31. The molecule has 2 aromatic rings. The zero-order valence-corrected chi connectivity index (χ0v) is 25.5. The molecule has 0 fully saturated rings. The molecule has 0 atom stereocenters. The number of rotatable bonds is 20. The predicted molar refractivity (Wildman–Crippen MR) is 171 cm³/mol. The summed E-state index contributed by atoms with van der Waals surface area (Å²) in [6.45, 7) is 11.4. The third-order valence-electron chi connectivity index (χ3n) is 7.27. The van der Waals surface area contributed by atoms with Gasteiger partial charge in [0.05, 0.1) is 17.1 Å². The molecular weight excluding hydrogens is 460 g/mol. The lowest BCUT2D eigenvalue weighted by Crippen LogP contribution is -2.01. The Morgan fingerprint density at radius 3 is 1.34 bits per heavy atom. The Morgan fingerprint density at radius 2 is 0.921 bits per heavy atom. The minimum atomic E-state index is 0.991. The van der Waals surface area contributed by atoms with E-state index in [2.05, 4.69) is 77.2 Å². The topological polar surface area (TPSA) is 24.7 Å². The smallest absolute Gasteiger partial charge is 0.0639 e. The van der Waals surface area contributed by atoms with E-state index in [9.17, 15) is 0 Å². The quantitative estimate of drug-likeness (QED) is 0.123. The summed E-state index contributed by atoms with van der Waals surface area (Å²) < 4.78 is 0. The number of unbranched alkanes of at least 4 members (excludes halogenated alkanes) is 7. The van der Waals surface area contributed by atoms with Crippen molar-refractivity contribution in [1.82, 2.24) is 0 Å². The number of hydrogen-bond acceptors (Lipinski definition) is 2. The molecule has 0 aliphatic rings. The van der Waals surface area contributed by atoms with Gasteiger partial charge in [-0.3, -0.25) is 9.98 Å². The molecule has 0 saturated heterocycles. The molecule has 0 aliphatic heterocycles. The van der Waals surface area contributed by atoms with E-state index in [1.54, 1.807) is 0 Å². The largest absolute Gasteiger partial charge is 0.255 e. The van der Waals surface area contributed by atoms with Gasteiger partial charge < -0.3 is 0 Å². The Balaban J connectivity index is 2.38. The fourth-order valence-corrected chi connectivity index (χ4v) is 4.92. The van der Waals surface area contributed by atoms with Crippen molar-refractivity contribution in [3.63, 3.8) is 0 Å². The first-order valence-corrected chi connectivity index (χ1v) is 16.0. The summed E-state index contributed by atoms with van der Waals surface area (Å²) in [7, 11) is 0. The van der Waals surface area contributed by atoms with Crippen LogP contribution in [0.25, 0.3) is 0 Å². The number of benzene rings is 2. The molecule has 0 amide bonds. The van der Waals surface area contributed by atoms with Crippen LogP contribution in [0, 0.1) is 0 Å².